The van der Waals surface area contributed by atoms with Gasteiger partial charge in [0.15, 0.2) is 0 Å². The summed E-state index contributed by atoms with van der Waals surface area (Å²) in [6.07, 6.45) is 2.49. The van der Waals surface area contributed by atoms with E-state index in [1.54, 1.807) is 0 Å². The van der Waals surface area contributed by atoms with Crippen LogP contribution in [0.25, 0.3) is 11.1 Å². The van der Waals surface area contributed by atoms with Gasteiger partial charge in [0.1, 0.15) is 18.1 Å². The van der Waals surface area contributed by atoms with Crippen LogP contribution in [0, 0.1) is 11.8 Å². The highest BCUT2D eigenvalue weighted by atomic mass is 35.5. The lowest BCUT2D eigenvalue weighted by Gasteiger charge is -2.15. The van der Waals surface area contributed by atoms with Crippen LogP contribution in [0.2, 0.25) is 5.02 Å². The van der Waals surface area contributed by atoms with E-state index < -0.39 is 0 Å². The van der Waals surface area contributed by atoms with Crippen molar-refractivity contribution in [3.8, 4) is 28.7 Å². The Balaban J connectivity index is 1.31. The van der Waals surface area contributed by atoms with Gasteiger partial charge < -0.3 is 9.84 Å². The highest BCUT2D eigenvalue weighted by molar-refractivity contribution is 6.30. The number of aliphatic hydroxyl groups is 1. The lowest BCUT2D eigenvalue weighted by Crippen LogP contribution is -2.27. The normalized spacial score (nSPS) is 16.1. The van der Waals surface area contributed by atoms with Gasteiger partial charge in [0.05, 0.1) is 6.10 Å². The van der Waals surface area contributed by atoms with E-state index in [4.69, 9.17) is 16.3 Å². The number of benzene rings is 2. The first kappa shape index (κ1) is 20.4. The maximum atomic E-state index is 9.55. The van der Waals surface area contributed by atoms with E-state index in [1.165, 1.54) is 0 Å². The summed E-state index contributed by atoms with van der Waals surface area (Å²) >= 11 is 5.94. The van der Waals surface area contributed by atoms with Gasteiger partial charge in [-0.15, -0.1) is 0 Å². The first-order chi connectivity index (χ1) is 14.7. The Kier molecular flexibility index (Phi) is 6.66. The molecule has 0 aliphatic carbocycles. The number of pyridine rings is 1. The highest BCUT2D eigenvalue weighted by Crippen LogP contribution is 2.20. The zero-order valence-electron chi connectivity index (χ0n) is 16.6. The molecule has 152 valence electrons. The minimum atomic E-state index is -0.189. The number of aliphatic hydroxyl groups excluding tert-OH is 1. The summed E-state index contributed by atoms with van der Waals surface area (Å²) in [6, 6.07) is 19.4. The number of β-amino-alcohol motifs (C(OH)–C–C–N with tert-alkyl or cyclic N) is 1. The Morgan fingerprint density at radius 2 is 1.77 bits per heavy atom. The van der Waals surface area contributed by atoms with Crippen LogP contribution >= 0.6 is 11.6 Å². The Hall–Kier alpha value is -2.84. The molecular formula is C25H23ClN2O2. The van der Waals surface area contributed by atoms with Crippen LogP contribution in [0.5, 0.6) is 5.75 Å². The molecule has 1 saturated heterocycles. The lowest BCUT2D eigenvalue weighted by atomic mass is 10.1. The molecule has 4 nitrogen and oxygen atoms in total. The van der Waals surface area contributed by atoms with Crippen molar-refractivity contribution in [3.05, 3.63) is 83.1 Å². The zero-order chi connectivity index (χ0) is 20.8. The fourth-order valence-electron chi connectivity index (χ4n) is 3.36. The third-order valence-electron chi connectivity index (χ3n) is 5.05. The Labute approximate surface area is 182 Å². The van der Waals surface area contributed by atoms with Gasteiger partial charge in [-0.05, 0) is 60.4 Å². The molecule has 0 radical (unpaired) electrons. The summed E-state index contributed by atoms with van der Waals surface area (Å²) in [4.78, 5) is 6.66. The molecule has 0 bridgehead atoms. The van der Waals surface area contributed by atoms with Crippen LogP contribution in [-0.4, -0.2) is 47.3 Å². The quantitative estimate of drug-likeness (QED) is 0.629. The fourth-order valence-corrected chi connectivity index (χ4v) is 3.49. The second-order valence-electron chi connectivity index (χ2n) is 7.30. The van der Waals surface area contributed by atoms with Gasteiger partial charge in [0, 0.05) is 42.0 Å². The molecule has 3 aromatic rings. The molecule has 1 fully saturated rings. The van der Waals surface area contributed by atoms with Crippen LogP contribution in [-0.2, 0) is 0 Å². The van der Waals surface area contributed by atoms with Gasteiger partial charge >= 0.3 is 0 Å². The molecule has 1 unspecified atom stereocenters. The van der Waals surface area contributed by atoms with Crippen molar-refractivity contribution in [2.45, 2.75) is 12.5 Å². The number of hydrogen-bond donors (Lipinski definition) is 1. The zero-order valence-corrected chi connectivity index (χ0v) is 17.3. The van der Waals surface area contributed by atoms with E-state index in [2.05, 4.69) is 21.7 Å². The topological polar surface area (TPSA) is 45.6 Å². The van der Waals surface area contributed by atoms with Gasteiger partial charge in [-0.1, -0.05) is 35.7 Å². The van der Waals surface area contributed by atoms with Crippen molar-refractivity contribution in [3.63, 3.8) is 0 Å². The molecule has 0 spiro atoms. The minimum absolute atomic E-state index is 0.189. The van der Waals surface area contributed by atoms with Crippen LogP contribution in [0.3, 0.4) is 0 Å². The monoisotopic (exact) mass is 418 g/mol. The predicted octanol–water partition coefficient (Wildman–Crippen LogP) is 4.25. The maximum Gasteiger partial charge on any atom is 0.119 e. The summed E-state index contributed by atoms with van der Waals surface area (Å²) in [5.74, 6) is 7.06. The number of likely N-dealkylation sites (tertiary alicyclic amines) is 1. The molecule has 1 aromatic heterocycles. The average Bonchev–Trinajstić information content (AvgIpc) is 3.19. The van der Waals surface area contributed by atoms with Crippen molar-refractivity contribution in [2.75, 3.05) is 26.2 Å². The Bertz CT molecular complexity index is 1020. The largest absolute Gasteiger partial charge is 0.492 e. The molecule has 1 atom stereocenters. The molecule has 1 aliphatic heterocycles. The minimum Gasteiger partial charge on any atom is -0.492 e. The summed E-state index contributed by atoms with van der Waals surface area (Å²) in [6.45, 7) is 3.12. The van der Waals surface area contributed by atoms with Crippen molar-refractivity contribution >= 4 is 11.6 Å². The molecular weight excluding hydrogens is 396 g/mol. The van der Waals surface area contributed by atoms with Crippen LogP contribution < -0.4 is 4.74 Å². The molecule has 2 heterocycles. The molecule has 1 aliphatic rings. The van der Waals surface area contributed by atoms with Gasteiger partial charge in [-0.3, -0.25) is 4.90 Å². The molecule has 0 amide bonds. The fraction of sp³-hybridized carbons (Fsp3) is 0.240. The number of hydrogen-bond acceptors (Lipinski definition) is 4. The van der Waals surface area contributed by atoms with Crippen LogP contribution in [0.15, 0.2) is 66.9 Å². The molecule has 4 rings (SSSR count). The predicted molar refractivity (Wildman–Crippen MR) is 120 cm³/mol. The van der Waals surface area contributed by atoms with E-state index in [0.29, 0.717) is 6.61 Å². The number of nitrogens with zero attached hydrogens (tertiary/aromatic N) is 2. The molecule has 0 saturated carbocycles. The van der Waals surface area contributed by atoms with Crippen LogP contribution in [0.4, 0.5) is 0 Å². The Morgan fingerprint density at radius 3 is 2.43 bits per heavy atom. The summed E-state index contributed by atoms with van der Waals surface area (Å²) in [5.41, 5.74) is 3.74. The average molecular weight is 419 g/mol. The second kappa shape index (κ2) is 9.77. The van der Waals surface area contributed by atoms with Gasteiger partial charge in [0.25, 0.3) is 0 Å². The summed E-state index contributed by atoms with van der Waals surface area (Å²) in [5, 5.41) is 10.3. The molecule has 5 heteroatoms. The van der Waals surface area contributed by atoms with E-state index in [0.717, 1.165) is 59.2 Å². The SMILES string of the molecule is OC1CCN(CCOc2ccc(C#Cc3ccc(-c4ccc(Cl)cc4)cn3)cc2)C1. The number of ether oxygens (including phenoxy) is 1. The van der Waals surface area contributed by atoms with E-state index in [-0.39, 0.29) is 6.10 Å². The number of aromatic nitrogens is 1. The highest BCUT2D eigenvalue weighted by Gasteiger charge is 2.19. The van der Waals surface area contributed by atoms with Crippen molar-refractivity contribution in [1.29, 1.82) is 0 Å². The van der Waals surface area contributed by atoms with Gasteiger partial charge in [-0.25, -0.2) is 4.98 Å². The number of rotatable bonds is 5. The van der Waals surface area contributed by atoms with E-state index >= 15 is 0 Å². The van der Waals surface area contributed by atoms with Gasteiger partial charge in [-0.2, -0.15) is 0 Å². The molecule has 1 N–H and O–H groups in total. The third kappa shape index (κ3) is 5.61. The summed E-state index contributed by atoms with van der Waals surface area (Å²) in [7, 11) is 0. The van der Waals surface area contributed by atoms with Gasteiger partial charge in [0.2, 0.25) is 0 Å². The smallest absolute Gasteiger partial charge is 0.119 e. The maximum absolute atomic E-state index is 9.55. The molecule has 30 heavy (non-hydrogen) atoms. The number of halogens is 1. The second-order valence-corrected chi connectivity index (χ2v) is 7.74. The Morgan fingerprint density at radius 1 is 1.00 bits per heavy atom. The first-order valence-electron chi connectivity index (χ1n) is 10.0. The lowest BCUT2D eigenvalue weighted by molar-refractivity contribution is 0.167. The third-order valence-corrected chi connectivity index (χ3v) is 5.31. The standard InChI is InChI=1S/C25H23ClN2O2/c26-22-7-4-20(5-8-22)21-6-10-23(27-17-21)9-1-19-2-11-25(12-3-19)30-16-15-28-14-13-24(29)18-28/h2-8,10-12,17,24,29H,13-16,18H2. The van der Waals surface area contributed by atoms with Crippen molar-refractivity contribution < 1.29 is 9.84 Å². The van der Waals surface area contributed by atoms with E-state index in [1.807, 2.05) is 66.9 Å². The van der Waals surface area contributed by atoms with E-state index in [9.17, 15) is 5.11 Å². The van der Waals surface area contributed by atoms with Crippen molar-refractivity contribution in [1.82, 2.24) is 9.88 Å². The van der Waals surface area contributed by atoms with Crippen LogP contribution in [0.1, 0.15) is 17.7 Å². The first-order valence-corrected chi connectivity index (χ1v) is 10.4. The molecule has 2 aromatic carbocycles. The summed E-state index contributed by atoms with van der Waals surface area (Å²) < 4.78 is 5.79. The van der Waals surface area contributed by atoms with Crippen molar-refractivity contribution in [2.24, 2.45) is 0 Å².